The minimum Gasteiger partial charge on any atom is -0.308 e. The average Bonchev–Trinajstić information content (AvgIpc) is 2.76. The van der Waals surface area contributed by atoms with Gasteiger partial charge in [-0.1, -0.05) is 18.3 Å². The molecular formula is C9H13N5S. The van der Waals surface area contributed by atoms with Crippen LogP contribution in [0.15, 0.2) is 6.33 Å². The van der Waals surface area contributed by atoms with Crippen LogP contribution in [-0.4, -0.2) is 26.4 Å². The smallest absolute Gasteiger partial charge is 0.234 e. The summed E-state index contributed by atoms with van der Waals surface area (Å²) in [5, 5.41) is 16.9. The number of aromatic nitrogens is 4. The second kappa shape index (κ2) is 3.53. The van der Waals surface area contributed by atoms with Crippen molar-refractivity contribution in [3.05, 3.63) is 11.3 Å². The zero-order valence-electron chi connectivity index (χ0n) is 8.55. The van der Waals surface area contributed by atoms with Crippen LogP contribution in [0.3, 0.4) is 0 Å². The number of nitrogens with one attached hydrogen (secondary N) is 1. The maximum Gasteiger partial charge on any atom is 0.234 e. The molecular weight excluding hydrogens is 210 g/mol. The normalized spacial score (nSPS) is 27.3. The van der Waals surface area contributed by atoms with E-state index in [2.05, 4.69) is 27.5 Å². The zero-order chi connectivity index (χ0) is 10.3. The Hall–Kier alpha value is -1.01. The first-order valence-electron chi connectivity index (χ1n) is 5.23. The molecule has 6 heteroatoms. The highest BCUT2D eigenvalue weighted by atomic mass is 32.1. The average molecular weight is 223 g/mol. The molecule has 1 aliphatic rings. The molecule has 0 saturated carbocycles. The largest absolute Gasteiger partial charge is 0.308 e. The molecule has 2 aromatic heterocycles. The monoisotopic (exact) mass is 223 g/mol. The van der Waals surface area contributed by atoms with E-state index in [1.165, 1.54) is 12.8 Å². The Morgan fingerprint density at radius 2 is 2.53 bits per heavy atom. The van der Waals surface area contributed by atoms with Gasteiger partial charge in [0.25, 0.3) is 0 Å². The van der Waals surface area contributed by atoms with Gasteiger partial charge >= 0.3 is 0 Å². The number of rotatable bonds is 1. The van der Waals surface area contributed by atoms with Crippen molar-refractivity contribution in [2.24, 2.45) is 5.92 Å². The number of piperidine rings is 1. The Kier molecular flexibility index (Phi) is 2.17. The third-order valence-corrected chi connectivity index (χ3v) is 3.89. The van der Waals surface area contributed by atoms with Gasteiger partial charge in [-0.3, -0.25) is 0 Å². The summed E-state index contributed by atoms with van der Waals surface area (Å²) < 4.78 is 1.75. The van der Waals surface area contributed by atoms with Crippen LogP contribution in [0.2, 0.25) is 0 Å². The first-order chi connectivity index (χ1) is 7.33. The van der Waals surface area contributed by atoms with Crippen molar-refractivity contribution < 1.29 is 0 Å². The lowest BCUT2D eigenvalue weighted by Crippen LogP contribution is -2.30. The van der Waals surface area contributed by atoms with Gasteiger partial charge < -0.3 is 5.32 Å². The Bertz CT molecular complexity index is 433. The molecule has 1 N–H and O–H groups in total. The highest BCUT2D eigenvalue weighted by Gasteiger charge is 2.23. The molecule has 15 heavy (non-hydrogen) atoms. The Balaban J connectivity index is 1.89. The lowest BCUT2D eigenvalue weighted by atomic mass is 9.95. The van der Waals surface area contributed by atoms with Crippen LogP contribution in [0, 0.1) is 5.92 Å². The number of hydrogen-bond acceptors (Lipinski definition) is 5. The molecule has 0 aliphatic carbocycles. The van der Waals surface area contributed by atoms with Crippen LogP contribution in [-0.2, 0) is 0 Å². The zero-order valence-corrected chi connectivity index (χ0v) is 9.37. The molecule has 2 unspecified atom stereocenters. The van der Waals surface area contributed by atoms with Crippen LogP contribution < -0.4 is 5.32 Å². The quantitative estimate of drug-likeness (QED) is 0.790. The molecule has 1 aliphatic heterocycles. The molecule has 3 rings (SSSR count). The first kappa shape index (κ1) is 9.23. The van der Waals surface area contributed by atoms with Gasteiger partial charge in [0.2, 0.25) is 4.96 Å². The Labute approximate surface area is 91.5 Å². The Morgan fingerprint density at radius 3 is 3.33 bits per heavy atom. The van der Waals surface area contributed by atoms with Gasteiger partial charge in [0, 0.05) is 0 Å². The molecule has 3 heterocycles. The lowest BCUT2D eigenvalue weighted by molar-refractivity contribution is 0.323. The molecule has 5 nitrogen and oxygen atoms in total. The number of fused-ring (bicyclic) bond motifs is 1. The molecule has 0 aromatic carbocycles. The molecule has 0 amide bonds. The van der Waals surface area contributed by atoms with Crippen LogP contribution in [0.25, 0.3) is 4.96 Å². The molecule has 1 saturated heterocycles. The van der Waals surface area contributed by atoms with Gasteiger partial charge in [0.05, 0.1) is 6.04 Å². The van der Waals surface area contributed by atoms with E-state index >= 15 is 0 Å². The van der Waals surface area contributed by atoms with Gasteiger partial charge in [0.1, 0.15) is 11.3 Å². The van der Waals surface area contributed by atoms with E-state index in [-0.39, 0.29) is 0 Å². The van der Waals surface area contributed by atoms with E-state index in [1.54, 1.807) is 22.2 Å². The standard InChI is InChI=1S/C9H13N5S/c1-6-2-3-10-7(4-6)8-13-14-5-11-12-9(14)15-8/h5-7,10H,2-4H2,1H3. The third kappa shape index (κ3) is 1.63. The van der Waals surface area contributed by atoms with Crippen molar-refractivity contribution >= 4 is 16.3 Å². The SMILES string of the molecule is CC1CCNC(c2nn3cnnc3s2)C1. The summed E-state index contributed by atoms with van der Waals surface area (Å²) in [6.07, 6.45) is 4.09. The van der Waals surface area contributed by atoms with Crippen molar-refractivity contribution in [1.82, 2.24) is 25.1 Å². The summed E-state index contributed by atoms with van der Waals surface area (Å²) in [7, 11) is 0. The molecule has 1 fully saturated rings. The fraction of sp³-hybridized carbons (Fsp3) is 0.667. The minimum absolute atomic E-state index is 0.403. The molecule has 2 atom stereocenters. The highest BCUT2D eigenvalue weighted by Crippen LogP contribution is 2.29. The minimum atomic E-state index is 0.403. The van der Waals surface area contributed by atoms with Crippen molar-refractivity contribution in [3.63, 3.8) is 0 Å². The summed E-state index contributed by atoms with van der Waals surface area (Å²) in [4.78, 5) is 0.880. The Morgan fingerprint density at radius 1 is 1.60 bits per heavy atom. The van der Waals surface area contributed by atoms with E-state index in [0.717, 1.165) is 22.4 Å². The third-order valence-electron chi connectivity index (χ3n) is 2.87. The maximum absolute atomic E-state index is 4.48. The van der Waals surface area contributed by atoms with E-state index in [9.17, 15) is 0 Å². The predicted octanol–water partition coefficient (Wildman–Crippen LogP) is 1.25. The highest BCUT2D eigenvalue weighted by molar-refractivity contribution is 7.16. The topological polar surface area (TPSA) is 55.1 Å². The van der Waals surface area contributed by atoms with Gasteiger partial charge in [-0.15, -0.1) is 10.2 Å². The fourth-order valence-electron chi connectivity index (χ4n) is 2.01. The lowest BCUT2D eigenvalue weighted by Gasteiger charge is -2.26. The molecule has 80 valence electrons. The maximum atomic E-state index is 4.48. The van der Waals surface area contributed by atoms with Crippen molar-refractivity contribution in [2.45, 2.75) is 25.8 Å². The van der Waals surface area contributed by atoms with Gasteiger partial charge in [-0.25, -0.2) is 0 Å². The van der Waals surface area contributed by atoms with Crippen LogP contribution >= 0.6 is 11.3 Å². The van der Waals surface area contributed by atoms with E-state index in [1.807, 2.05) is 0 Å². The first-order valence-corrected chi connectivity index (χ1v) is 6.04. The summed E-state index contributed by atoms with van der Waals surface area (Å²) >= 11 is 1.63. The van der Waals surface area contributed by atoms with Crippen LogP contribution in [0.4, 0.5) is 0 Å². The van der Waals surface area contributed by atoms with Crippen LogP contribution in [0.1, 0.15) is 30.8 Å². The van der Waals surface area contributed by atoms with Crippen molar-refractivity contribution in [2.75, 3.05) is 6.54 Å². The summed E-state index contributed by atoms with van der Waals surface area (Å²) in [6.45, 7) is 3.39. The van der Waals surface area contributed by atoms with Gasteiger partial charge in [-0.2, -0.15) is 9.61 Å². The number of hydrogen-bond donors (Lipinski definition) is 1. The van der Waals surface area contributed by atoms with Crippen molar-refractivity contribution in [3.8, 4) is 0 Å². The molecule has 0 radical (unpaired) electrons. The summed E-state index contributed by atoms with van der Waals surface area (Å²) in [5.41, 5.74) is 0. The molecule has 2 aromatic rings. The van der Waals surface area contributed by atoms with E-state index in [0.29, 0.717) is 6.04 Å². The molecule has 0 spiro atoms. The number of nitrogens with zero attached hydrogens (tertiary/aromatic N) is 4. The van der Waals surface area contributed by atoms with E-state index in [4.69, 9.17) is 0 Å². The van der Waals surface area contributed by atoms with E-state index < -0.39 is 0 Å². The van der Waals surface area contributed by atoms with Crippen molar-refractivity contribution in [1.29, 1.82) is 0 Å². The molecule has 0 bridgehead atoms. The van der Waals surface area contributed by atoms with Gasteiger partial charge in [0.15, 0.2) is 0 Å². The van der Waals surface area contributed by atoms with Crippen LogP contribution in [0.5, 0.6) is 0 Å². The second-order valence-electron chi connectivity index (χ2n) is 4.13. The van der Waals surface area contributed by atoms with Gasteiger partial charge in [-0.05, 0) is 25.3 Å². The predicted molar refractivity (Wildman–Crippen MR) is 57.8 cm³/mol. The fourth-order valence-corrected chi connectivity index (χ4v) is 2.92. The summed E-state index contributed by atoms with van der Waals surface area (Å²) in [5.74, 6) is 0.783. The summed E-state index contributed by atoms with van der Waals surface area (Å²) in [6, 6.07) is 0.403. The second-order valence-corrected chi connectivity index (χ2v) is 5.12.